The fourth-order valence-corrected chi connectivity index (χ4v) is 2.70. The summed E-state index contributed by atoms with van der Waals surface area (Å²) >= 11 is 5.04. The Bertz CT molecular complexity index is 906. The normalized spacial score (nSPS) is 15.8. The van der Waals surface area contributed by atoms with Gasteiger partial charge in [0.1, 0.15) is 17.1 Å². The van der Waals surface area contributed by atoms with Gasteiger partial charge < -0.3 is 4.74 Å². The van der Waals surface area contributed by atoms with Crippen LogP contribution in [0.4, 0.5) is 0 Å². The van der Waals surface area contributed by atoms with Crippen LogP contribution >= 0.6 is 12.2 Å². The van der Waals surface area contributed by atoms with Gasteiger partial charge in [-0.25, -0.2) is 0 Å². The van der Waals surface area contributed by atoms with E-state index in [0.717, 1.165) is 0 Å². The molecule has 0 aliphatic carbocycles. The Morgan fingerprint density at radius 2 is 1.81 bits per heavy atom. The van der Waals surface area contributed by atoms with E-state index >= 15 is 0 Å². The third kappa shape index (κ3) is 3.87. The van der Waals surface area contributed by atoms with Crippen molar-refractivity contribution in [3.05, 3.63) is 78.4 Å². The molecule has 1 heterocycles. The first-order valence-corrected chi connectivity index (χ1v) is 8.32. The van der Waals surface area contributed by atoms with Gasteiger partial charge in [-0.15, -0.1) is 6.58 Å². The summed E-state index contributed by atoms with van der Waals surface area (Å²) in [5.41, 5.74) is 0.681. The maximum atomic E-state index is 12.5. The van der Waals surface area contributed by atoms with Gasteiger partial charge in [-0.2, -0.15) is 0 Å². The van der Waals surface area contributed by atoms with E-state index in [0.29, 0.717) is 17.1 Å². The first-order valence-electron chi connectivity index (χ1n) is 7.91. The molecule has 1 saturated heterocycles. The number of ether oxygens (including phenoxy) is 1. The van der Waals surface area contributed by atoms with Crippen LogP contribution in [0.3, 0.4) is 0 Å². The number of hydrogen-bond donors (Lipinski definition) is 1. The molecule has 0 spiro atoms. The van der Waals surface area contributed by atoms with Crippen molar-refractivity contribution < 1.29 is 14.3 Å². The molecule has 0 unspecified atom stereocenters. The predicted molar refractivity (Wildman–Crippen MR) is 104 cm³/mol. The summed E-state index contributed by atoms with van der Waals surface area (Å²) in [6.45, 7) is 3.83. The van der Waals surface area contributed by atoms with Crippen LogP contribution < -0.4 is 10.1 Å². The number of amides is 2. The summed E-state index contributed by atoms with van der Waals surface area (Å²) < 4.78 is 5.78. The van der Waals surface area contributed by atoms with Gasteiger partial charge in [0, 0.05) is 6.54 Å². The topological polar surface area (TPSA) is 58.6 Å². The van der Waals surface area contributed by atoms with E-state index in [9.17, 15) is 9.59 Å². The number of thiocarbonyl (C=S) groups is 1. The lowest BCUT2D eigenvalue weighted by Crippen LogP contribution is -2.53. The van der Waals surface area contributed by atoms with Gasteiger partial charge in [-0.05, 0) is 48.1 Å². The fourth-order valence-electron chi connectivity index (χ4n) is 2.45. The van der Waals surface area contributed by atoms with E-state index in [1.54, 1.807) is 30.3 Å². The zero-order valence-corrected chi connectivity index (χ0v) is 14.7. The molecule has 1 aliphatic heterocycles. The Morgan fingerprint density at radius 3 is 2.54 bits per heavy atom. The standard InChI is InChI=1S/C20H16N2O3S/c1-2-11-22-19(24)17(18(23)21-20(22)26)13-14-7-6-10-16(12-14)25-15-8-4-3-5-9-15/h2-10,12-13H,1,11H2,(H,21,23,26)/b17-13-. The van der Waals surface area contributed by atoms with Crippen LogP contribution in [0.15, 0.2) is 72.8 Å². The number of carbonyl (C=O) groups excluding carboxylic acids is 2. The smallest absolute Gasteiger partial charge is 0.265 e. The van der Waals surface area contributed by atoms with Crippen molar-refractivity contribution in [3.63, 3.8) is 0 Å². The van der Waals surface area contributed by atoms with E-state index in [-0.39, 0.29) is 17.2 Å². The number of nitrogens with zero attached hydrogens (tertiary/aromatic N) is 1. The molecule has 130 valence electrons. The van der Waals surface area contributed by atoms with Crippen LogP contribution in [-0.2, 0) is 9.59 Å². The molecule has 0 bridgehead atoms. The summed E-state index contributed by atoms with van der Waals surface area (Å²) in [5.74, 6) is 0.335. The molecule has 2 amide bonds. The highest BCUT2D eigenvalue weighted by Gasteiger charge is 2.32. The minimum atomic E-state index is -0.519. The Labute approximate surface area is 156 Å². The van der Waals surface area contributed by atoms with Crippen molar-refractivity contribution in [1.82, 2.24) is 10.2 Å². The molecule has 0 aromatic heterocycles. The first-order chi connectivity index (χ1) is 12.6. The van der Waals surface area contributed by atoms with Gasteiger partial charge in [0.25, 0.3) is 11.8 Å². The molecule has 0 saturated carbocycles. The van der Waals surface area contributed by atoms with Crippen molar-refractivity contribution in [2.24, 2.45) is 0 Å². The van der Waals surface area contributed by atoms with Crippen molar-refractivity contribution in [2.45, 2.75) is 0 Å². The lowest BCUT2D eigenvalue weighted by molar-refractivity contribution is -0.128. The molecule has 26 heavy (non-hydrogen) atoms. The summed E-state index contributed by atoms with van der Waals surface area (Å²) in [6, 6.07) is 16.5. The van der Waals surface area contributed by atoms with Gasteiger partial charge in [-0.1, -0.05) is 36.4 Å². The lowest BCUT2D eigenvalue weighted by atomic mass is 10.1. The molecule has 2 aromatic rings. The molecule has 1 N–H and O–H groups in total. The van der Waals surface area contributed by atoms with Crippen LogP contribution in [0.25, 0.3) is 6.08 Å². The lowest BCUT2D eigenvalue weighted by Gasteiger charge is -2.27. The highest BCUT2D eigenvalue weighted by atomic mass is 32.1. The van der Waals surface area contributed by atoms with Crippen LogP contribution in [-0.4, -0.2) is 28.4 Å². The molecule has 1 aliphatic rings. The second-order valence-electron chi connectivity index (χ2n) is 5.51. The molecule has 3 rings (SSSR count). The van der Waals surface area contributed by atoms with Crippen LogP contribution in [0.1, 0.15) is 5.56 Å². The van der Waals surface area contributed by atoms with Crippen molar-refractivity contribution in [3.8, 4) is 11.5 Å². The Morgan fingerprint density at radius 1 is 1.08 bits per heavy atom. The Hall–Kier alpha value is -3.25. The van der Waals surface area contributed by atoms with Gasteiger partial charge in [0.05, 0.1) is 0 Å². The maximum Gasteiger partial charge on any atom is 0.265 e. The summed E-state index contributed by atoms with van der Waals surface area (Å²) in [4.78, 5) is 26.0. The van der Waals surface area contributed by atoms with Crippen LogP contribution in [0, 0.1) is 0 Å². The number of rotatable bonds is 5. The predicted octanol–water partition coefficient (Wildman–Crippen LogP) is 3.29. The van der Waals surface area contributed by atoms with Crippen molar-refractivity contribution in [2.75, 3.05) is 6.54 Å². The molecule has 1 fully saturated rings. The number of hydrogen-bond acceptors (Lipinski definition) is 4. The highest BCUT2D eigenvalue weighted by Crippen LogP contribution is 2.23. The summed E-state index contributed by atoms with van der Waals surface area (Å²) in [6.07, 6.45) is 3.07. The first kappa shape index (κ1) is 17.6. The van der Waals surface area contributed by atoms with E-state index in [2.05, 4.69) is 11.9 Å². The SMILES string of the molecule is C=CCN1C(=O)/C(=C\c2cccc(Oc3ccccc3)c2)C(=O)NC1=S. The summed E-state index contributed by atoms with van der Waals surface area (Å²) in [7, 11) is 0. The highest BCUT2D eigenvalue weighted by molar-refractivity contribution is 7.80. The number of carbonyl (C=O) groups is 2. The molecule has 2 aromatic carbocycles. The maximum absolute atomic E-state index is 12.5. The minimum absolute atomic E-state index is 0.0114. The van der Waals surface area contributed by atoms with Gasteiger partial charge >= 0.3 is 0 Å². The third-order valence-electron chi connectivity index (χ3n) is 3.65. The zero-order valence-electron chi connectivity index (χ0n) is 13.8. The van der Waals surface area contributed by atoms with E-state index in [1.807, 2.05) is 30.3 Å². The van der Waals surface area contributed by atoms with Gasteiger partial charge in [0.15, 0.2) is 5.11 Å². The Balaban J connectivity index is 1.87. The number of benzene rings is 2. The molecular formula is C20H16N2O3S. The molecule has 5 nitrogen and oxygen atoms in total. The van der Waals surface area contributed by atoms with Crippen molar-refractivity contribution >= 4 is 35.2 Å². The van der Waals surface area contributed by atoms with E-state index in [1.165, 1.54) is 11.0 Å². The molecule has 0 atom stereocenters. The largest absolute Gasteiger partial charge is 0.457 e. The molecule has 6 heteroatoms. The second kappa shape index (κ2) is 7.76. The average Bonchev–Trinajstić information content (AvgIpc) is 2.63. The van der Waals surface area contributed by atoms with Crippen LogP contribution in [0.5, 0.6) is 11.5 Å². The third-order valence-corrected chi connectivity index (χ3v) is 3.97. The van der Waals surface area contributed by atoms with Gasteiger partial charge in [0.2, 0.25) is 0 Å². The minimum Gasteiger partial charge on any atom is -0.457 e. The molecular weight excluding hydrogens is 348 g/mol. The molecule has 0 radical (unpaired) electrons. The van der Waals surface area contributed by atoms with Gasteiger partial charge in [-0.3, -0.25) is 19.8 Å². The second-order valence-corrected chi connectivity index (χ2v) is 5.90. The number of para-hydroxylation sites is 1. The fraction of sp³-hybridized carbons (Fsp3) is 0.0500. The zero-order chi connectivity index (χ0) is 18.5. The average molecular weight is 364 g/mol. The summed E-state index contributed by atoms with van der Waals surface area (Å²) in [5, 5.41) is 2.60. The van der Waals surface area contributed by atoms with E-state index < -0.39 is 11.8 Å². The Kier molecular flexibility index (Phi) is 5.24. The number of nitrogens with one attached hydrogen (secondary N) is 1. The monoisotopic (exact) mass is 364 g/mol. The van der Waals surface area contributed by atoms with E-state index in [4.69, 9.17) is 17.0 Å². The van der Waals surface area contributed by atoms with Crippen LogP contribution in [0.2, 0.25) is 0 Å². The van der Waals surface area contributed by atoms with Crippen molar-refractivity contribution in [1.29, 1.82) is 0 Å². The quantitative estimate of drug-likeness (QED) is 0.383.